The second-order valence-electron chi connectivity index (χ2n) is 4.36. The first-order valence-corrected chi connectivity index (χ1v) is 6.07. The van der Waals surface area contributed by atoms with Crippen LogP contribution in [0.5, 0.6) is 5.75 Å². The summed E-state index contributed by atoms with van der Waals surface area (Å²) in [5, 5.41) is 8.62. The van der Waals surface area contributed by atoms with Crippen LogP contribution in [0.4, 0.5) is 0 Å². The normalized spacial score (nSPS) is 10.8. The Morgan fingerprint density at radius 3 is 2.31 bits per heavy atom. The standard InChI is InChI=1S/C14H22O2/c1-12(2)13-6-8-14(9-7-13)16-11-5-3-4-10-15/h6-9,12,15H,3-5,10-11H2,1-2H3. The second kappa shape index (κ2) is 7.29. The second-order valence-corrected chi connectivity index (χ2v) is 4.36. The highest BCUT2D eigenvalue weighted by Crippen LogP contribution is 2.18. The highest BCUT2D eigenvalue weighted by molar-refractivity contribution is 5.28. The van der Waals surface area contributed by atoms with Crippen LogP contribution in [0.1, 0.15) is 44.6 Å². The lowest BCUT2D eigenvalue weighted by Crippen LogP contribution is -1.98. The molecule has 16 heavy (non-hydrogen) atoms. The molecule has 1 aromatic carbocycles. The van der Waals surface area contributed by atoms with E-state index in [0.29, 0.717) is 5.92 Å². The van der Waals surface area contributed by atoms with Gasteiger partial charge in [-0.15, -0.1) is 0 Å². The molecule has 0 fully saturated rings. The van der Waals surface area contributed by atoms with Crippen molar-refractivity contribution in [3.05, 3.63) is 29.8 Å². The van der Waals surface area contributed by atoms with E-state index in [9.17, 15) is 0 Å². The zero-order valence-electron chi connectivity index (χ0n) is 10.3. The molecule has 0 unspecified atom stereocenters. The molecule has 2 heteroatoms. The number of unbranched alkanes of at least 4 members (excludes halogenated alkanes) is 2. The van der Waals surface area contributed by atoms with Gasteiger partial charge in [0.1, 0.15) is 5.75 Å². The van der Waals surface area contributed by atoms with Crippen molar-refractivity contribution in [1.82, 2.24) is 0 Å². The maximum absolute atomic E-state index is 8.62. The van der Waals surface area contributed by atoms with Crippen molar-refractivity contribution < 1.29 is 9.84 Å². The van der Waals surface area contributed by atoms with Crippen molar-refractivity contribution in [3.63, 3.8) is 0 Å². The van der Waals surface area contributed by atoms with Crippen LogP contribution in [0, 0.1) is 0 Å². The first-order chi connectivity index (χ1) is 7.74. The summed E-state index contributed by atoms with van der Waals surface area (Å²) in [6.07, 6.45) is 2.91. The highest BCUT2D eigenvalue weighted by Gasteiger charge is 1.99. The smallest absolute Gasteiger partial charge is 0.119 e. The number of hydrogen-bond acceptors (Lipinski definition) is 2. The molecule has 0 saturated carbocycles. The van der Waals surface area contributed by atoms with Gasteiger partial charge in [0.15, 0.2) is 0 Å². The molecule has 0 saturated heterocycles. The van der Waals surface area contributed by atoms with Crippen LogP contribution in [-0.2, 0) is 0 Å². The highest BCUT2D eigenvalue weighted by atomic mass is 16.5. The molecule has 0 radical (unpaired) electrons. The van der Waals surface area contributed by atoms with Crippen LogP contribution in [0.2, 0.25) is 0 Å². The van der Waals surface area contributed by atoms with E-state index >= 15 is 0 Å². The van der Waals surface area contributed by atoms with Gasteiger partial charge < -0.3 is 9.84 Å². The molecule has 1 N–H and O–H groups in total. The first-order valence-electron chi connectivity index (χ1n) is 6.07. The third-order valence-electron chi connectivity index (χ3n) is 2.62. The Kier molecular flexibility index (Phi) is 5.94. The molecule has 2 nitrogen and oxygen atoms in total. The Morgan fingerprint density at radius 1 is 1.06 bits per heavy atom. The minimum atomic E-state index is 0.281. The number of benzene rings is 1. The molecule has 1 aromatic rings. The Balaban J connectivity index is 2.27. The van der Waals surface area contributed by atoms with Crippen molar-refractivity contribution in [2.24, 2.45) is 0 Å². The maximum Gasteiger partial charge on any atom is 0.119 e. The predicted octanol–water partition coefficient (Wildman–Crippen LogP) is 3.35. The topological polar surface area (TPSA) is 29.5 Å². The Hall–Kier alpha value is -1.02. The van der Waals surface area contributed by atoms with Gasteiger partial charge in [-0.1, -0.05) is 26.0 Å². The fourth-order valence-electron chi connectivity index (χ4n) is 1.53. The van der Waals surface area contributed by atoms with Crippen molar-refractivity contribution in [2.75, 3.05) is 13.2 Å². The Bertz CT molecular complexity index is 277. The minimum absolute atomic E-state index is 0.281. The van der Waals surface area contributed by atoms with Gasteiger partial charge in [-0.3, -0.25) is 0 Å². The van der Waals surface area contributed by atoms with E-state index in [-0.39, 0.29) is 6.61 Å². The lowest BCUT2D eigenvalue weighted by molar-refractivity contribution is 0.266. The zero-order valence-corrected chi connectivity index (χ0v) is 10.3. The average molecular weight is 222 g/mol. The molecule has 0 aliphatic heterocycles. The molecular formula is C14H22O2. The van der Waals surface area contributed by atoms with Gasteiger partial charge in [-0.25, -0.2) is 0 Å². The van der Waals surface area contributed by atoms with Crippen molar-refractivity contribution >= 4 is 0 Å². The van der Waals surface area contributed by atoms with Crippen LogP contribution in [0.25, 0.3) is 0 Å². The van der Waals surface area contributed by atoms with Crippen molar-refractivity contribution in [1.29, 1.82) is 0 Å². The number of rotatable bonds is 7. The summed E-state index contributed by atoms with van der Waals surface area (Å²) < 4.78 is 5.61. The third-order valence-corrected chi connectivity index (χ3v) is 2.62. The fraction of sp³-hybridized carbons (Fsp3) is 0.571. The molecule has 0 bridgehead atoms. The number of ether oxygens (including phenoxy) is 1. The van der Waals surface area contributed by atoms with Gasteiger partial charge in [-0.05, 0) is 42.9 Å². The summed E-state index contributed by atoms with van der Waals surface area (Å²) in [5.41, 5.74) is 1.34. The van der Waals surface area contributed by atoms with Crippen LogP contribution in [0.15, 0.2) is 24.3 Å². The van der Waals surface area contributed by atoms with Gasteiger partial charge in [-0.2, -0.15) is 0 Å². The summed E-state index contributed by atoms with van der Waals surface area (Å²) in [6.45, 7) is 5.39. The van der Waals surface area contributed by atoms with Gasteiger partial charge in [0.2, 0.25) is 0 Å². The fourth-order valence-corrected chi connectivity index (χ4v) is 1.53. The largest absolute Gasteiger partial charge is 0.494 e. The van der Waals surface area contributed by atoms with Gasteiger partial charge >= 0.3 is 0 Å². The van der Waals surface area contributed by atoms with E-state index in [2.05, 4.69) is 26.0 Å². The number of aliphatic hydroxyl groups is 1. The monoisotopic (exact) mass is 222 g/mol. The zero-order chi connectivity index (χ0) is 11.8. The average Bonchev–Trinajstić information content (AvgIpc) is 2.29. The molecule has 90 valence electrons. The van der Waals surface area contributed by atoms with Crippen LogP contribution < -0.4 is 4.74 Å². The van der Waals surface area contributed by atoms with E-state index in [4.69, 9.17) is 9.84 Å². The van der Waals surface area contributed by atoms with E-state index in [1.165, 1.54) is 5.56 Å². The van der Waals surface area contributed by atoms with E-state index in [1.54, 1.807) is 0 Å². The third kappa shape index (κ3) is 4.67. The maximum atomic E-state index is 8.62. The van der Waals surface area contributed by atoms with Crippen LogP contribution in [-0.4, -0.2) is 18.3 Å². The lowest BCUT2D eigenvalue weighted by atomic mass is 10.0. The Morgan fingerprint density at radius 2 is 1.75 bits per heavy atom. The summed E-state index contributed by atoms with van der Waals surface area (Å²) in [6, 6.07) is 8.30. The van der Waals surface area contributed by atoms with E-state index < -0.39 is 0 Å². The molecule has 0 heterocycles. The molecule has 0 amide bonds. The van der Waals surface area contributed by atoms with E-state index in [0.717, 1.165) is 31.6 Å². The summed E-state index contributed by atoms with van der Waals surface area (Å²) >= 11 is 0. The molecular weight excluding hydrogens is 200 g/mol. The predicted molar refractivity (Wildman–Crippen MR) is 67.0 cm³/mol. The van der Waals surface area contributed by atoms with Gasteiger partial charge in [0, 0.05) is 6.61 Å². The molecule has 0 aromatic heterocycles. The summed E-state index contributed by atoms with van der Waals surface area (Å²) in [7, 11) is 0. The molecule has 0 aliphatic carbocycles. The molecule has 0 aliphatic rings. The van der Waals surface area contributed by atoms with Crippen LogP contribution in [0.3, 0.4) is 0 Å². The van der Waals surface area contributed by atoms with Crippen molar-refractivity contribution in [3.8, 4) is 5.75 Å². The lowest BCUT2D eigenvalue weighted by Gasteiger charge is -2.08. The Labute approximate surface area is 98.3 Å². The van der Waals surface area contributed by atoms with Crippen LogP contribution >= 0.6 is 0 Å². The molecule has 1 rings (SSSR count). The van der Waals surface area contributed by atoms with Crippen molar-refractivity contribution in [2.45, 2.75) is 39.0 Å². The summed E-state index contributed by atoms with van der Waals surface area (Å²) in [5.74, 6) is 1.51. The number of aliphatic hydroxyl groups excluding tert-OH is 1. The quantitative estimate of drug-likeness (QED) is 0.717. The molecule has 0 atom stereocenters. The first kappa shape index (κ1) is 13.0. The molecule has 0 spiro atoms. The van der Waals surface area contributed by atoms with E-state index in [1.807, 2.05) is 12.1 Å². The van der Waals surface area contributed by atoms with Gasteiger partial charge in [0.05, 0.1) is 6.61 Å². The minimum Gasteiger partial charge on any atom is -0.494 e. The SMILES string of the molecule is CC(C)c1ccc(OCCCCCO)cc1. The summed E-state index contributed by atoms with van der Waals surface area (Å²) in [4.78, 5) is 0. The van der Waals surface area contributed by atoms with Gasteiger partial charge in [0.25, 0.3) is 0 Å². The number of hydrogen-bond donors (Lipinski definition) is 1.